The third kappa shape index (κ3) is 4.32. The molecule has 3 aromatic rings. The number of imide groups is 1. The predicted molar refractivity (Wildman–Crippen MR) is 122 cm³/mol. The molecule has 166 valence electrons. The van der Waals surface area contributed by atoms with Crippen molar-refractivity contribution in [2.75, 3.05) is 18.6 Å². The summed E-state index contributed by atoms with van der Waals surface area (Å²) < 4.78 is 33.3. The zero-order chi connectivity index (χ0) is 22.7. The van der Waals surface area contributed by atoms with E-state index in [-0.39, 0.29) is 17.2 Å². The standard InChI is InChI=1S/C23H22N2O5S2/c1-30-19-11-9-18(10-12-19)25-21(26)16-20(23(25)27)24(14-13-17-6-3-2-4-7-17)32(28,29)22-8-5-15-31-22/h2-12,15,20H,13-14,16H2,1H3. The predicted octanol–water partition coefficient (Wildman–Crippen LogP) is 3.32. The van der Waals surface area contributed by atoms with Gasteiger partial charge < -0.3 is 4.74 Å². The summed E-state index contributed by atoms with van der Waals surface area (Å²) in [5.74, 6) is -0.390. The maximum atomic E-state index is 13.4. The Kier molecular flexibility index (Phi) is 6.40. The van der Waals surface area contributed by atoms with E-state index < -0.39 is 27.9 Å². The molecule has 1 atom stereocenters. The number of sulfonamides is 1. The molecular formula is C23H22N2O5S2. The number of hydrogen-bond acceptors (Lipinski definition) is 6. The van der Waals surface area contributed by atoms with Gasteiger partial charge in [0.15, 0.2) is 0 Å². The summed E-state index contributed by atoms with van der Waals surface area (Å²) in [4.78, 5) is 27.2. The highest BCUT2D eigenvalue weighted by Gasteiger charge is 2.47. The highest BCUT2D eigenvalue weighted by Crippen LogP contribution is 2.31. The zero-order valence-electron chi connectivity index (χ0n) is 17.4. The van der Waals surface area contributed by atoms with E-state index >= 15 is 0 Å². The van der Waals surface area contributed by atoms with Crippen molar-refractivity contribution < 1.29 is 22.7 Å². The quantitative estimate of drug-likeness (QED) is 0.472. The first-order chi connectivity index (χ1) is 15.4. The number of carbonyl (C=O) groups is 2. The van der Waals surface area contributed by atoms with Crippen LogP contribution in [0.1, 0.15) is 12.0 Å². The Labute approximate surface area is 190 Å². The molecule has 2 aromatic carbocycles. The van der Waals surface area contributed by atoms with Gasteiger partial charge in [0.1, 0.15) is 16.0 Å². The maximum absolute atomic E-state index is 13.4. The van der Waals surface area contributed by atoms with Crippen LogP contribution in [0.25, 0.3) is 0 Å². The number of rotatable bonds is 8. The molecule has 0 bridgehead atoms. The van der Waals surface area contributed by atoms with E-state index in [0.717, 1.165) is 21.8 Å². The van der Waals surface area contributed by atoms with Crippen LogP contribution < -0.4 is 9.64 Å². The van der Waals surface area contributed by atoms with Crippen molar-refractivity contribution in [2.24, 2.45) is 0 Å². The Bertz CT molecular complexity index is 1190. The minimum atomic E-state index is -3.95. The number of methoxy groups -OCH3 is 1. The van der Waals surface area contributed by atoms with E-state index in [0.29, 0.717) is 17.9 Å². The lowest BCUT2D eigenvalue weighted by Gasteiger charge is -2.26. The monoisotopic (exact) mass is 470 g/mol. The van der Waals surface area contributed by atoms with Gasteiger partial charge in [0, 0.05) is 6.54 Å². The summed E-state index contributed by atoms with van der Waals surface area (Å²) in [7, 11) is -2.43. The van der Waals surface area contributed by atoms with Crippen molar-refractivity contribution >= 4 is 38.9 Å². The van der Waals surface area contributed by atoms with Gasteiger partial charge in [-0.05, 0) is 47.7 Å². The summed E-state index contributed by atoms with van der Waals surface area (Å²) in [6.07, 6.45) is 0.218. The zero-order valence-corrected chi connectivity index (χ0v) is 19.0. The van der Waals surface area contributed by atoms with Crippen molar-refractivity contribution in [2.45, 2.75) is 23.1 Å². The average Bonchev–Trinajstić information content (AvgIpc) is 3.44. The third-order valence-corrected chi connectivity index (χ3v) is 8.60. The first-order valence-electron chi connectivity index (χ1n) is 10.0. The number of thiophene rings is 1. The molecule has 0 aliphatic carbocycles. The van der Waals surface area contributed by atoms with Gasteiger partial charge in [0.05, 0.1) is 19.2 Å². The molecule has 9 heteroatoms. The van der Waals surface area contributed by atoms with Crippen LogP contribution >= 0.6 is 11.3 Å². The van der Waals surface area contributed by atoms with Crippen LogP contribution in [0, 0.1) is 0 Å². The van der Waals surface area contributed by atoms with Crippen LogP contribution in [-0.2, 0) is 26.0 Å². The van der Waals surface area contributed by atoms with Gasteiger partial charge in [-0.2, -0.15) is 4.31 Å². The van der Waals surface area contributed by atoms with Gasteiger partial charge in [-0.25, -0.2) is 13.3 Å². The van der Waals surface area contributed by atoms with Gasteiger partial charge in [-0.3, -0.25) is 9.59 Å². The smallest absolute Gasteiger partial charge is 0.253 e. The van der Waals surface area contributed by atoms with E-state index in [1.807, 2.05) is 30.3 Å². The topological polar surface area (TPSA) is 84.0 Å². The van der Waals surface area contributed by atoms with E-state index in [2.05, 4.69) is 0 Å². The summed E-state index contributed by atoms with van der Waals surface area (Å²) in [5.41, 5.74) is 1.34. The molecule has 4 rings (SSSR count). The van der Waals surface area contributed by atoms with Crippen molar-refractivity contribution in [1.29, 1.82) is 0 Å². The number of nitrogens with zero attached hydrogens (tertiary/aromatic N) is 2. The summed E-state index contributed by atoms with van der Waals surface area (Å²) in [5, 5.41) is 1.67. The number of hydrogen-bond donors (Lipinski definition) is 0. The van der Waals surface area contributed by atoms with E-state index in [1.165, 1.54) is 17.5 Å². The molecule has 2 heterocycles. The van der Waals surface area contributed by atoms with Crippen molar-refractivity contribution in [1.82, 2.24) is 4.31 Å². The van der Waals surface area contributed by atoms with Crippen LogP contribution in [0.2, 0.25) is 0 Å². The lowest BCUT2D eigenvalue weighted by molar-refractivity contribution is -0.122. The molecule has 0 radical (unpaired) electrons. The minimum Gasteiger partial charge on any atom is -0.497 e. The normalized spacial score (nSPS) is 16.7. The first-order valence-corrected chi connectivity index (χ1v) is 12.3. The molecule has 1 aliphatic rings. The fourth-order valence-electron chi connectivity index (χ4n) is 3.70. The Balaban J connectivity index is 1.65. The van der Waals surface area contributed by atoms with E-state index in [9.17, 15) is 18.0 Å². The fraction of sp³-hybridized carbons (Fsp3) is 0.217. The molecular weight excluding hydrogens is 448 g/mol. The van der Waals surface area contributed by atoms with Crippen LogP contribution in [0.4, 0.5) is 5.69 Å². The molecule has 1 unspecified atom stereocenters. The largest absolute Gasteiger partial charge is 0.497 e. The Morgan fingerprint density at radius 3 is 2.38 bits per heavy atom. The molecule has 1 aromatic heterocycles. The summed E-state index contributed by atoms with van der Waals surface area (Å²) in [6.45, 7) is 0.0877. The van der Waals surface area contributed by atoms with Crippen molar-refractivity contribution in [3.63, 3.8) is 0 Å². The van der Waals surface area contributed by atoms with Crippen molar-refractivity contribution in [3.05, 3.63) is 77.7 Å². The van der Waals surface area contributed by atoms with Crippen LogP contribution in [0.5, 0.6) is 5.75 Å². The Morgan fingerprint density at radius 2 is 1.75 bits per heavy atom. The lowest BCUT2D eigenvalue weighted by Crippen LogP contribution is -2.46. The molecule has 1 aliphatic heterocycles. The van der Waals surface area contributed by atoms with Crippen LogP contribution in [0.3, 0.4) is 0 Å². The molecule has 1 saturated heterocycles. The molecule has 32 heavy (non-hydrogen) atoms. The molecule has 0 spiro atoms. The number of ether oxygens (including phenoxy) is 1. The number of amides is 2. The van der Waals surface area contributed by atoms with Crippen LogP contribution in [0.15, 0.2) is 76.3 Å². The van der Waals surface area contributed by atoms with Gasteiger partial charge >= 0.3 is 0 Å². The Morgan fingerprint density at radius 1 is 1.03 bits per heavy atom. The molecule has 2 amide bonds. The molecule has 1 fully saturated rings. The SMILES string of the molecule is COc1ccc(N2C(=O)CC(N(CCc3ccccc3)S(=O)(=O)c3cccs3)C2=O)cc1. The molecule has 7 nitrogen and oxygen atoms in total. The highest BCUT2D eigenvalue weighted by atomic mass is 32.2. The van der Waals surface area contributed by atoms with Crippen molar-refractivity contribution in [3.8, 4) is 5.75 Å². The van der Waals surface area contributed by atoms with Gasteiger partial charge in [-0.1, -0.05) is 36.4 Å². The van der Waals surface area contributed by atoms with Gasteiger partial charge in [0.2, 0.25) is 5.91 Å². The molecule has 0 N–H and O–H groups in total. The van der Waals surface area contributed by atoms with E-state index in [1.54, 1.807) is 35.7 Å². The third-order valence-electron chi connectivity index (χ3n) is 5.32. The average molecular weight is 471 g/mol. The maximum Gasteiger partial charge on any atom is 0.253 e. The second-order valence-electron chi connectivity index (χ2n) is 7.27. The number of carbonyl (C=O) groups excluding carboxylic acids is 2. The fourth-order valence-corrected chi connectivity index (χ4v) is 6.40. The van der Waals surface area contributed by atoms with Gasteiger partial charge in [-0.15, -0.1) is 11.3 Å². The summed E-state index contributed by atoms with van der Waals surface area (Å²) in [6, 6.07) is 18.0. The minimum absolute atomic E-state index is 0.0877. The lowest BCUT2D eigenvalue weighted by atomic mass is 10.1. The first kappa shape index (κ1) is 22.2. The van der Waals surface area contributed by atoms with Crippen LogP contribution in [-0.4, -0.2) is 44.2 Å². The number of anilines is 1. The highest BCUT2D eigenvalue weighted by molar-refractivity contribution is 7.91. The van der Waals surface area contributed by atoms with E-state index in [4.69, 9.17) is 4.74 Å². The molecule has 0 saturated carbocycles. The van der Waals surface area contributed by atoms with Gasteiger partial charge in [0.25, 0.3) is 15.9 Å². The number of benzene rings is 2. The summed E-state index contributed by atoms with van der Waals surface area (Å²) >= 11 is 1.09. The second-order valence-corrected chi connectivity index (χ2v) is 10.3. The second kappa shape index (κ2) is 9.23. The Hall–Kier alpha value is -3.01.